The summed E-state index contributed by atoms with van der Waals surface area (Å²) >= 11 is 0. The van der Waals surface area contributed by atoms with Gasteiger partial charge in [-0.1, -0.05) is 6.07 Å². The second-order valence-electron chi connectivity index (χ2n) is 10.8. The Bertz CT molecular complexity index is 1680. The number of nitrogens with one attached hydrogen (secondary N) is 2. The molecular weight excluding hydrogens is 492 g/mol. The first kappa shape index (κ1) is 22.7. The van der Waals surface area contributed by atoms with Crippen molar-refractivity contribution >= 4 is 34.1 Å². The van der Waals surface area contributed by atoms with Gasteiger partial charge in [0.05, 0.1) is 23.4 Å². The van der Waals surface area contributed by atoms with Gasteiger partial charge in [-0.3, -0.25) is 4.98 Å². The van der Waals surface area contributed by atoms with Crippen molar-refractivity contribution in [2.75, 3.05) is 29.9 Å². The molecule has 0 aromatic carbocycles. The van der Waals surface area contributed by atoms with Gasteiger partial charge in [0.2, 0.25) is 5.95 Å². The van der Waals surface area contributed by atoms with E-state index in [1.165, 1.54) is 5.56 Å². The standard InChI is InChI=1S/C28H28N10O/c39-28-8-12-37(21(28)7-9-29-16-28)26-24-19(17-4-5-17)14-30-15-20(24)32-25(35-26)18-6-10-31-22(13-18)33-27-34-23-3-1-2-11-38(23)36-27/h1-3,6,10-11,13-15,17,21,29,39H,4-5,7-9,12,16H2,(H,31,33,36)/t21-,28-/m0/s1. The van der Waals surface area contributed by atoms with Crippen molar-refractivity contribution in [3.8, 4) is 11.4 Å². The molecule has 0 bridgehead atoms. The summed E-state index contributed by atoms with van der Waals surface area (Å²) in [5.41, 5.74) is 2.87. The quantitative estimate of drug-likeness (QED) is 0.318. The van der Waals surface area contributed by atoms with Crippen LogP contribution in [0.2, 0.25) is 0 Å². The summed E-state index contributed by atoms with van der Waals surface area (Å²) < 4.78 is 1.72. The van der Waals surface area contributed by atoms with Gasteiger partial charge in [0.15, 0.2) is 11.5 Å². The van der Waals surface area contributed by atoms with E-state index in [0.29, 0.717) is 36.5 Å². The number of fused-ring (bicyclic) bond motifs is 3. The molecule has 39 heavy (non-hydrogen) atoms. The lowest BCUT2D eigenvalue weighted by atomic mass is 9.89. The number of aliphatic hydroxyl groups is 1. The molecule has 3 aliphatic rings. The fourth-order valence-corrected chi connectivity index (χ4v) is 6.12. The van der Waals surface area contributed by atoms with Crippen LogP contribution in [0.3, 0.4) is 0 Å². The molecule has 196 valence electrons. The first-order chi connectivity index (χ1) is 19.1. The van der Waals surface area contributed by atoms with Gasteiger partial charge in [-0.25, -0.2) is 19.5 Å². The van der Waals surface area contributed by atoms with Crippen LogP contribution in [-0.2, 0) is 0 Å². The number of pyridine rings is 3. The molecule has 2 saturated heterocycles. The summed E-state index contributed by atoms with van der Waals surface area (Å²) in [7, 11) is 0. The van der Waals surface area contributed by atoms with E-state index < -0.39 is 5.60 Å². The summed E-state index contributed by atoms with van der Waals surface area (Å²) in [5, 5.41) is 23.6. The second-order valence-corrected chi connectivity index (χ2v) is 10.8. The van der Waals surface area contributed by atoms with Gasteiger partial charge in [0.25, 0.3) is 0 Å². The highest BCUT2D eigenvalue weighted by molar-refractivity contribution is 5.94. The summed E-state index contributed by atoms with van der Waals surface area (Å²) in [6.07, 6.45) is 11.3. The molecule has 8 rings (SSSR count). The molecule has 1 saturated carbocycles. The monoisotopic (exact) mass is 520 g/mol. The molecular formula is C28H28N10O. The molecule has 0 unspecified atom stereocenters. The Morgan fingerprint density at radius 2 is 2.03 bits per heavy atom. The van der Waals surface area contributed by atoms with E-state index in [9.17, 15) is 5.11 Å². The zero-order chi connectivity index (χ0) is 26.0. The van der Waals surface area contributed by atoms with Crippen LogP contribution >= 0.6 is 0 Å². The van der Waals surface area contributed by atoms with E-state index in [2.05, 4.69) is 35.6 Å². The number of hydrogen-bond donors (Lipinski definition) is 3. The number of rotatable bonds is 5. The molecule has 11 nitrogen and oxygen atoms in total. The lowest BCUT2D eigenvalue weighted by Gasteiger charge is -2.39. The smallest absolute Gasteiger partial charge is 0.248 e. The molecule has 7 heterocycles. The maximum Gasteiger partial charge on any atom is 0.248 e. The van der Waals surface area contributed by atoms with Crippen molar-refractivity contribution < 1.29 is 5.11 Å². The lowest BCUT2D eigenvalue weighted by molar-refractivity contribution is 0.0159. The summed E-state index contributed by atoms with van der Waals surface area (Å²) in [6, 6.07) is 9.58. The second kappa shape index (κ2) is 8.65. The average Bonchev–Trinajstić information content (AvgIpc) is 3.63. The SMILES string of the molecule is O[C@]12CCN(c3nc(-c4ccnc(Nc5nc6ccccn6n5)c4)nc4cncc(C5CC5)c34)[C@H]1CCNC2. The van der Waals surface area contributed by atoms with E-state index in [1.807, 2.05) is 48.9 Å². The van der Waals surface area contributed by atoms with Gasteiger partial charge in [-0.15, -0.1) is 5.10 Å². The van der Waals surface area contributed by atoms with Crippen LogP contribution in [0, 0.1) is 0 Å². The predicted octanol–water partition coefficient (Wildman–Crippen LogP) is 3.05. The Morgan fingerprint density at radius 3 is 2.92 bits per heavy atom. The topological polar surface area (TPSA) is 129 Å². The van der Waals surface area contributed by atoms with Crippen LogP contribution in [-0.4, -0.2) is 70.9 Å². The van der Waals surface area contributed by atoms with Crippen LogP contribution in [0.15, 0.2) is 55.1 Å². The number of anilines is 3. The highest BCUT2D eigenvalue weighted by Crippen LogP contribution is 2.46. The fraction of sp³-hybridized carbons (Fsp3) is 0.357. The van der Waals surface area contributed by atoms with E-state index in [0.717, 1.165) is 60.3 Å². The van der Waals surface area contributed by atoms with Gasteiger partial charge in [0.1, 0.15) is 11.6 Å². The van der Waals surface area contributed by atoms with Gasteiger partial charge in [0, 0.05) is 42.6 Å². The summed E-state index contributed by atoms with van der Waals surface area (Å²) in [6.45, 7) is 2.24. The minimum atomic E-state index is -0.753. The van der Waals surface area contributed by atoms with Crippen LogP contribution in [0.25, 0.3) is 27.9 Å². The molecule has 0 spiro atoms. The first-order valence-corrected chi connectivity index (χ1v) is 13.5. The Kier molecular flexibility index (Phi) is 5.04. The highest BCUT2D eigenvalue weighted by atomic mass is 16.3. The van der Waals surface area contributed by atoms with Crippen molar-refractivity contribution in [2.45, 2.75) is 43.2 Å². The average molecular weight is 521 g/mol. The third kappa shape index (κ3) is 3.88. The first-order valence-electron chi connectivity index (χ1n) is 13.5. The Balaban J connectivity index is 1.22. The molecule has 11 heteroatoms. The van der Waals surface area contributed by atoms with E-state index in [-0.39, 0.29) is 6.04 Å². The van der Waals surface area contributed by atoms with E-state index >= 15 is 0 Å². The molecule has 0 amide bonds. The number of nitrogens with zero attached hydrogens (tertiary/aromatic N) is 8. The van der Waals surface area contributed by atoms with Crippen LogP contribution < -0.4 is 15.5 Å². The number of β-amino-alcohol motifs (C(OH)–C–C–N with tert-alkyl or cyclic N) is 1. The van der Waals surface area contributed by atoms with E-state index in [1.54, 1.807) is 10.7 Å². The Labute approximate surface area is 224 Å². The van der Waals surface area contributed by atoms with Gasteiger partial charge in [-0.2, -0.15) is 4.98 Å². The molecule has 2 atom stereocenters. The number of hydrogen-bond acceptors (Lipinski definition) is 10. The summed E-state index contributed by atoms with van der Waals surface area (Å²) in [5.74, 6) is 3.07. The van der Waals surface area contributed by atoms with Crippen LogP contribution in [0.5, 0.6) is 0 Å². The van der Waals surface area contributed by atoms with Crippen LogP contribution in [0.4, 0.5) is 17.6 Å². The van der Waals surface area contributed by atoms with Gasteiger partial charge < -0.3 is 20.6 Å². The van der Waals surface area contributed by atoms with Crippen molar-refractivity contribution in [3.05, 3.63) is 60.7 Å². The number of piperidine rings is 1. The maximum atomic E-state index is 11.4. The molecule has 5 aromatic heterocycles. The van der Waals surface area contributed by atoms with Crippen LogP contribution in [0.1, 0.15) is 37.2 Å². The minimum Gasteiger partial charge on any atom is -0.386 e. The minimum absolute atomic E-state index is 0.0145. The molecule has 2 aliphatic heterocycles. The highest BCUT2D eigenvalue weighted by Gasteiger charge is 2.48. The molecule has 3 fully saturated rings. The van der Waals surface area contributed by atoms with Crippen molar-refractivity contribution in [1.29, 1.82) is 0 Å². The predicted molar refractivity (Wildman–Crippen MR) is 147 cm³/mol. The molecule has 3 N–H and O–H groups in total. The zero-order valence-corrected chi connectivity index (χ0v) is 21.3. The maximum absolute atomic E-state index is 11.4. The van der Waals surface area contributed by atoms with Crippen molar-refractivity contribution in [2.24, 2.45) is 0 Å². The van der Waals surface area contributed by atoms with E-state index in [4.69, 9.17) is 9.97 Å². The molecule has 1 aliphatic carbocycles. The molecule has 5 aromatic rings. The number of aromatic nitrogens is 7. The zero-order valence-electron chi connectivity index (χ0n) is 21.3. The Hall–Kier alpha value is -4.22. The van der Waals surface area contributed by atoms with Gasteiger partial charge >= 0.3 is 0 Å². The lowest BCUT2D eigenvalue weighted by Crippen LogP contribution is -2.56. The normalized spacial score (nSPS) is 22.9. The van der Waals surface area contributed by atoms with Crippen molar-refractivity contribution in [3.63, 3.8) is 0 Å². The van der Waals surface area contributed by atoms with Gasteiger partial charge in [-0.05, 0) is 68.0 Å². The fourth-order valence-electron chi connectivity index (χ4n) is 6.12. The summed E-state index contributed by atoms with van der Waals surface area (Å²) in [4.78, 5) is 26.1. The molecule has 0 radical (unpaired) electrons. The Morgan fingerprint density at radius 1 is 1.08 bits per heavy atom. The third-order valence-electron chi connectivity index (χ3n) is 8.21. The third-order valence-corrected chi connectivity index (χ3v) is 8.21. The van der Waals surface area contributed by atoms with Crippen molar-refractivity contribution in [1.82, 2.24) is 39.9 Å². The largest absolute Gasteiger partial charge is 0.386 e.